The van der Waals surface area contributed by atoms with Crippen molar-refractivity contribution in [1.82, 2.24) is 14.5 Å². The van der Waals surface area contributed by atoms with Gasteiger partial charge in [-0.05, 0) is 41.3 Å². The van der Waals surface area contributed by atoms with Crippen LogP contribution in [0.15, 0.2) is 60.1 Å². The Labute approximate surface area is 204 Å². The third kappa shape index (κ3) is 3.86. The number of nitriles is 1. The monoisotopic (exact) mass is 480 g/mol. The molecule has 3 N–H and O–H groups in total. The van der Waals surface area contributed by atoms with Crippen molar-refractivity contribution in [2.24, 2.45) is 7.05 Å². The van der Waals surface area contributed by atoms with Crippen LogP contribution in [0.1, 0.15) is 16.2 Å². The predicted octanol–water partition coefficient (Wildman–Crippen LogP) is 5.23. The summed E-state index contributed by atoms with van der Waals surface area (Å²) in [4.78, 5) is 21.8. The molecule has 8 nitrogen and oxygen atoms in total. The molecule has 3 heterocycles. The number of nitrogens with two attached hydrogens (primary N) is 1. The normalized spacial score (nSPS) is 11.2. The standard InChI is InChI=1S/C26H20N6O2S/c1-32-20-8-4-3-7-18(20)30-25(32)26(33)31-19-10-9-15(12-21(19)34-2)17-14-35-23-16(6-5-11-27)13-29-24(28)22(17)23/h3-10,12-14H,1-2H3,(H2,28,29)(H,31,33)/b6-5+. The second-order valence-corrected chi connectivity index (χ2v) is 8.65. The number of hydrogen-bond acceptors (Lipinski definition) is 7. The van der Waals surface area contributed by atoms with Gasteiger partial charge in [-0.15, -0.1) is 11.3 Å². The average Bonchev–Trinajstić information content (AvgIpc) is 3.47. The molecular weight excluding hydrogens is 460 g/mol. The highest BCUT2D eigenvalue weighted by atomic mass is 32.1. The Morgan fingerprint density at radius 1 is 1.29 bits per heavy atom. The summed E-state index contributed by atoms with van der Waals surface area (Å²) in [5.41, 5.74) is 11.0. The molecule has 0 aliphatic carbocycles. The minimum Gasteiger partial charge on any atom is -0.495 e. The van der Waals surface area contributed by atoms with Crippen LogP contribution >= 0.6 is 11.3 Å². The lowest BCUT2D eigenvalue weighted by atomic mass is 10.0. The zero-order valence-electron chi connectivity index (χ0n) is 18.9. The molecule has 0 bridgehead atoms. The predicted molar refractivity (Wildman–Crippen MR) is 139 cm³/mol. The number of amides is 1. The number of pyridine rings is 1. The number of nitrogens with one attached hydrogen (secondary N) is 1. The first-order chi connectivity index (χ1) is 17.0. The number of methoxy groups -OCH3 is 1. The van der Waals surface area contributed by atoms with Gasteiger partial charge >= 0.3 is 0 Å². The quantitative estimate of drug-likeness (QED) is 0.333. The summed E-state index contributed by atoms with van der Waals surface area (Å²) >= 11 is 1.53. The molecular formula is C26H20N6O2S. The van der Waals surface area contributed by atoms with Gasteiger partial charge in [0.15, 0.2) is 5.82 Å². The maximum Gasteiger partial charge on any atom is 0.291 e. The second kappa shape index (κ2) is 8.93. The van der Waals surface area contributed by atoms with E-state index in [1.54, 1.807) is 30.0 Å². The van der Waals surface area contributed by atoms with Crippen molar-refractivity contribution in [3.05, 3.63) is 71.5 Å². The molecule has 2 aromatic carbocycles. The summed E-state index contributed by atoms with van der Waals surface area (Å²) in [7, 11) is 3.36. The number of carbonyl (C=O) groups excluding carboxylic acids is 1. The van der Waals surface area contributed by atoms with Gasteiger partial charge in [0, 0.05) is 40.5 Å². The van der Waals surface area contributed by atoms with Crippen LogP contribution in [0.4, 0.5) is 11.5 Å². The van der Waals surface area contributed by atoms with Crippen molar-refractivity contribution in [3.63, 3.8) is 0 Å². The highest BCUT2D eigenvalue weighted by Gasteiger charge is 2.19. The van der Waals surface area contributed by atoms with Crippen LogP contribution in [0.25, 0.3) is 38.3 Å². The molecule has 0 spiro atoms. The van der Waals surface area contributed by atoms with E-state index in [-0.39, 0.29) is 5.91 Å². The SMILES string of the molecule is COc1cc(-c2csc3c(/C=C/C#N)cnc(N)c23)ccc1NC(=O)c1nc2ccccc2n1C. The van der Waals surface area contributed by atoms with Gasteiger partial charge in [-0.2, -0.15) is 5.26 Å². The van der Waals surface area contributed by atoms with Crippen molar-refractivity contribution < 1.29 is 9.53 Å². The lowest BCUT2D eigenvalue weighted by Gasteiger charge is -2.12. The fraction of sp³-hybridized carbons (Fsp3) is 0.0769. The summed E-state index contributed by atoms with van der Waals surface area (Å²) < 4.78 is 8.30. The van der Waals surface area contributed by atoms with Gasteiger partial charge in [0.2, 0.25) is 0 Å². The first-order valence-corrected chi connectivity index (χ1v) is 11.5. The molecule has 0 saturated heterocycles. The maximum atomic E-state index is 13.0. The zero-order chi connectivity index (χ0) is 24.5. The molecule has 0 aliphatic heterocycles. The van der Waals surface area contributed by atoms with Crippen LogP contribution in [0.3, 0.4) is 0 Å². The fourth-order valence-electron chi connectivity index (χ4n) is 4.03. The number of para-hydroxylation sites is 2. The Bertz CT molecular complexity index is 1680. The number of anilines is 2. The molecule has 3 aromatic heterocycles. The van der Waals surface area contributed by atoms with E-state index in [1.807, 2.05) is 54.9 Å². The number of nitrogen functional groups attached to an aromatic ring is 1. The molecule has 0 saturated carbocycles. The molecule has 5 aromatic rings. The van der Waals surface area contributed by atoms with Gasteiger partial charge < -0.3 is 20.4 Å². The van der Waals surface area contributed by atoms with E-state index in [0.29, 0.717) is 23.1 Å². The van der Waals surface area contributed by atoms with Gasteiger partial charge in [0.1, 0.15) is 11.6 Å². The number of aryl methyl sites for hydroxylation is 1. The van der Waals surface area contributed by atoms with Crippen molar-refractivity contribution in [1.29, 1.82) is 5.26 Å². The Morgan fingerprint density at radius 2 is 2.11 bits per heavy atom. The van der Waals surface area contributed by atoms with Crippen LogP contribution in [0.2, 0.25) is 0 Å². The van der Waals surface area contributed by atoms with Crippen molar-refractivity contribution in [2.45, 2.75) is 0 Å². The third-order valence-electron chi connectivity index (χ3n) is 5.74. The summed E-state index contributed by atoms with van der Waals surface area (Å²) in [5, 5.41) is 14.6. The number of hydrogen-bond donors (Lipinski definition) is 2. The molecule has 35 heavy (non-hydrogen) atoms. The first-order valence-electron chi connectivity index (χ1n) is 10.6. The number of ether oxygens (including phenoxy) is 1. The lowest BCUT2D eigenvalue weighted by molar-refractivity contribution is 0.101. The molecule has 0 fully saturated rings. The second-order valence-electron chi connectivity index (χ2n) is 7.77. The Kier molecular flexibility index (Phi) is 5.65. The minimum absolute atomic E-state index is 0.304. The molecule has 1 amide bonds. The number of allylic oxidation sites excluding steroid dienone is 1. The Morgan fingerprint density at radius 3 is 2.89 bits per heavy atom. The van der Waals surface area contributed by atoms with Crippen molar-refractivity contribution in [2.75, 3.05) is 18.2 Å². The number of aromatic nitrogens is 3. The fourth-order valence-corrected chi connectivity index (χ4v) is 5.11. The van der Waals surface area contributed by atoms with E-state index in [4.69, 9.17) is 15.7 Å². The number of rotatable bonds is 5. The minimum atomic E-state index is -0.335. The van der Waals surface area contributed by atoms with E-state index < -0.39 is 0 Å². The van der Waals surface area contributed by atoms with Crippen molar-refractivity contribution >= 4 is 55.9 Å². The van der Waals surface area contributed by atoms with E-state index in [0.717, 1.165) is 37.8 Å². The lowest BCUT2D eigenvalue weighted by Crippen LogP contribution is -2.17. The van der Waals surface area contributed by atoms with Gasteiger partial charge in [0.05, 0.1) is 29.9 Å². The summed E-state index contributed by atoms with van der Waals surface area (Å²) in [6, 6.07) is 15.1. The van der Waals surface area contributed by atoms with Gasteiger partial charge in [-0.25, -0.2) is 9.97 Å². The number of fused-ring (bicyclic) bond motifs is 2. The van der Waals surface area contributed by atoms with E-state index in [1.165, 1.54) is 17.4 Å². The highest BCUT2D eigenvalue weighted by Crippen LogP contribution is 2.41. The van der Waals surface area contributed by atoms with E-state index in [2.05, 4.69) is 15.3 Å². The average molecular weight is 481 g/mol. The van der Waals surface area contributed by atoms with Crippen LogP contribution in [-0.4, -0.2) is 27.6 Å². The van der Waals surface area contributed by atoms with E-state index in [9.17, 15) is 4.79 Å². The van der Waals surface area contributed by atoms with Gasteiger partial charge in [-0.3, -0.25) is 4.79 Å². The summed E-state index contributed by atoms with van der Waals surface area (Å²) in [6.07, 6.45) is 4.79. The molecule has 0 unspecified atom stereocenters. The molecule has 0 aliphatic rings. The third-order valence-corrected chi connectivity index (χ3v) is 6.77. The number of thiophene rings is 1. The van der Waals surface area contributed by atoms with Gasteiger partial charge in [-0.1, -0.05) is 18.2 Å². The smallest absolute Gasteiger partial charge is 0.291 e. The molecule has 0 atom stereocenters. The van der Waals surface area contributed by atoms with Crippen LogP contribution in [0.5, 0.6) is 5.75 Å². The maximum absolute atomic E-state index is 13.0. The number of imidazole rings is 1. The highest BCUT2D eigenvalue weighted by molar-refractivity contribution is 7.18. The van der Waals surface area contributed by atoms with Crippen molar-refractivity contribution in [3.8, 4) is 22.9 Å². The molecule has 5 rings (SSSR count). The number of nitrogens with zero attached hydrogens (tertiary/aromatic N) is 4. The summed E-state index contributed by atoms with van der Waals surface area (Å²) in [6.45, 7) is 0. The molecule has 0 radical (unpaired) electrons. The Balaban J connectivity index is 1.51. The van der Waals surface area contributed by atoms with Crippen LogP contribution in [0, 0.1) is 11.3 Å². The molecule has 9 heteroatoms. The zero-order valence-corrected chi connectivity index (χ0v) is 19.8. The van der Waals surface area contributed by atoms with E-state index >= 15 is 0 Å². The first kappa shape index (κ1) is 22.1. The van der Waals surface area contributed by atoms with Crippen LogP contribution < -0.4 is 15.8 Å². The topological polar surface area (TPSA) is 119 Å². The number of benzene rings is 2. The van der Waals surface area contributed by atoms with Gasteiger partial charge in [0.25, 0.3) is 5.91 Å². The Hall–Kier alpha value is -4.68. The number of carbonyl (C=O) groups is 1. The molecule has 172 valence electrons. The van der Waals surface area contributed by atoms with Crippen LogP contribution in [-0.2, 0) is 7.05 Å². The summed E-state index contributed by atoms with van der Waals surface area (Å²) in [5.74, 6) is 0.876. The largest absolute Gasteiger partial charge is 0.495 e.